The van der Waals surface area contributed by atoms with Crippen molar-refractivity contribution in [2.24, 2.45) is 0 Å². The van der Waals surface area contributed by atoms with Crippen LogP contribution in [0.4, 0.5) is 8.78 Å². The summed E-state index contributed by atoms with van der Waals surface area (Å²) in [6.07, 6.45) is 2.78. The third kappa shape index (κ3) is 2.58. The van der Waals surface area contributed by atoms with Gasteiger partial charge in [0.15, 0.2) is 0 Å². The number of rotatable bonds is 3. The molecule has 0 radical (unpaired) electrons. The fourth-order valence-electron chi connectivity index (χ4n) is 2.19. The second-order valence-corrected chi connectivity index (χ2v) is 4.78. The van der Waals surface area contributed by atoms with Crippen molar-refractivity contribution in [1.29, 1.82) is 0 Å². The molecule has 1 atom stereocenters. The first-order valence-corrected chi connectivity index (χ1v) is 6.48. The number of benzene rings is 1. The molecule has 22 heavy (non-hydrogen) atoms. The fourth-order valence-corrected chi connectivity index (χ4v) is 2.19. The first-order valence-electron chi connectivity index (χ1n) is 6.48. The van der Waals surface area contributed by atoms with Crippen molar-refractivity contribution in [3.05, 3.63) is 70.5 Å². The lowest BCUT2D eigenvalue weighted by molar-refractivity contribution is 0.150. The molecular weight excluding hydrogens is 292 g/mol. The zero-order valence-corrected chi connectivity index (χ0v) is 11.3. The Morgan fingerprint density at radius 1 is 1.27 bits per heavy atom. The number of hydrogen-bond donors (Lipinski definition) is 1. The Labute approximate surface area is 123 Å². The fraction of sp³-hybridized carbons (Fsp3) is 0.133. The van der Waals surface area contributed by atoms with Gasteiger partial charge in [0.1, 0.15) is 11.6 Å². The Morgan fingerprint density at radius 3 is 2.91 bits per heavy atom. The molecule has 0 saturated heterocycles. The first kappa shape index (κ1) is 14.3. The van der Waals surface area contributed by atoms with Gasteiger partial charge in [0.25, 0.3) is 5.56 Å². The third-order valence-electron chi connectivity index (χ3n) is 3.31. The van der Waals surface area contributed by atoms with Gasteiger partial charge in [0.2, 0.25) is 0 Å². The highest BCUT2D eigenvalue weighted by Gasteiger charge is 2.16. The van der Waals surface area contributed by atoms with Crippen LogP contribution in [-0.4, -0.2) is 19.6 Å². The van der Waals surface area contributed by atoms with Crippen LogP contribution in [0, 0.1) is 11.6 Å². The molecule has 0 bridgehead atoms. The Balaban J connectivity index is 1.97. The number of aliphatic hydroxyl groups is 1. The van der Waals surface area contributed by atoms with E-state index in [-0.39, 0.29) is 17.7 Å². The van der Waals surface area contributed by atoms with Crippen LogP contribution in [0.5, 0.6) is 0 Å². The average molecular weight is 303 g/mol. The van der Waals surface area contributed by atoms with Crippen LogP contribution < -0.4 is 5.56 Å². The van der Waals surface area contributed by atoms with E-state index in [2.05, 4.69) is 9.97 Å². The molecule has 1 aromatic carbocycles. The Hall–Kier alpha value is -2.67. The molecule has 0 amide bonds. The van der Waals surface area contributed by atoms with Gasteiger partial charge in [-0.15, -0.1) is 0 Å². The molecule has 2 heterocycles. The van der Waals surface area contributed by atoms with Crippen LogP contribution in [0.2, 0.25) is 0 Å². The SMILES string of the molecule is O=c1c2ccncc2ncn1CC(O)c1cc(F)ccc1F. The summed E-state index contributed by atoms with van der Waals surface area (Å²) in [6, 6.07) is 4.31. The summed E-state index contributed by atoms with van der Waals surface area (Å²) in [6.45, 7) is -0.232. The molecular formula is C15H11F2N3O2. The van der Waals surface area contributed by atoms with Gasteiger partial charge in [-0.1, -0.05) is 0 Å². The molecule has 0 saturated carbocycles. The molecule has 7 heteroatoms. The number of aliphatic hydroxyl groups excluding tert-OH is 1. The molecule has 0 aliphatic heterocycles. The molecule has 2 aromatic heterocycles. The highest BCUT2D eigenvalue weighted by molar-refractivity contribution is 5.75. The van der Waals surface area contributed by atoms with Crippen LogP contribution >= 0.6 is 0 Å². The number of fused-ring (bicyclic) bond motifs is 1. The maximum atomic E-state index is 13.6. The minimum absolute atomic E-state index is 0.207. The van der Waals surface area contributed by atoms with E-state index in [0.717, 1.165) is 22.8 Å². The number of nitrogens with zero attached hydrogens (tertiary/aromatic N) is 3. The first-order chi connectivity index (χ1) is 10.6. The minimum Gasteiger partial charge on any atom is -0.386 e. The standard InChI is InChI=1S/C15H11F2N3O2/c16-9-1-2-12(17)11(5-9)14(21)7-20-8-19-13-6-18-4-3-10(13)15(20)22/h1-6,8,14,21H,7H2. The van der Waals surface area contributed by atoms with Crippen LogP contribution in [0.25, 0.3) is 10.9 Å². The summed E-state index contributed by atoms with van der Waals surface area (Å²) in [5, 5.41) is 10.4. The van der Waals surface area contributed by atoms with E-state index in [4.69, 9.17) is 0 Å². The highest BCUT2D eigenvalue weighted by atomic mass is 19.1. The monoisotopic (exact) mass is 303 g/mol. The van der Waals surface area contributed by atoms with Gasteiger partial charge in [0.05, 0.1) is 36.1 Å². The summed E-state index contributed by atoms with van der Waals surface area (Å²) in [5.74, 6) is -1.40. The van der Waals surface area contributed by atoms with E-state index in [1.165, 1.54) is 24.8 Å². The number of aromatic nitrogens is 3. The molecule has 0 fully saturated rings. The van der Waals surface area contributed by atoms with E-state index in [1.54, 1.807) is 0 Å². The van der Waals surface area contributed by atoms with E-state index in [9.17, 15) is 18.7 Å². The van der Waals surface area contributed by atoms with Crippen molar-refractivity contribution < 1.29 is 13.9 Å². The molecule has 3 rings (SSSR count). The normalized spacial score (nSPS) is 12.5. The van der Waals surface area contributed by atoms with Gasteiger partial charge < -0.3 is 5.11 Å². The van der Waals surface area contributed by atoms with Gasteiger partial charge in [-0.05, 0) is 24.3 Å². The number of pyridine rings is 1. The maximum absolute atomic E-state index is 13.6. The smallest absolute Gasteiger partial charge is 0.261 e. The van der Waals surface area contributed by atoms with Crippen LogP contribution in [0.1, 0.15) is 11.7 Å². The van der Waals surface area contributed by atoms with Crippen molar-refractivity contribution in [3.8, 4) is 0 Å². The quantitative estimate of drug-likeness (QED) is 0.801. The van der Waals surface area contributed by atoms with E-state index in [0.29, 0.717) is 10.9 Å². The molecule has 5 nitrogen and oxygen atoms in total. The highest BCUT2D eigenvalue weighted by Crippen LogP contribution is 2.19. The maximum Gasteiger partial charge on any atom is 0.261 e. The summed E-state index contributed by atoms with van der Waals surface area (Å²) in [4.78, 5) is 20.2. The Bertz CT molecular complexity index is 895. The summed E-state index contributed by atoms with van der Waals surface area (Å²) >= 11 is 0. The van der Waals surface area contributed by atoms with Crippen LogP contribution in [-0.2, 0) is 6.54 Å². The van der Waals surface area contributed by atoms with Gasteiger partial charge in [-0.3, -0.25) is 14.3 Å². The zero-order valence-electron chi connectivity index (χ0n) is 11.3. The van der Waals surface area contributed by atoms with Crippen molar-refractivity contribution in [1.82, 2.24) is 14.5 Å². The lowest BCUT2D eigenvalue weighted by atomic mass is 10.1. The van der Waals surface area contributed by atoms with Crippen LogP contribution in [0.3, 0.4) is 0 Å². The van der Waals surface area contributed by atoms with Crippen molar-refractivity contribution in [3.63, 3.8) is 0 Å². The van der Waals surface area contributed by atoms with Crippen molar-refractivity contribution in [2.45, 2.75) is 12.6 Å². The average Bonchev–Trinajstić information content (AvgIpc) is 2.52. The second-order valence-electron chi connectivity index (χ2n) is 4.78. The van der Waals surface area contributed by atoms with E-state index >= 15 is 0 Å². The summed E-state index contributed by atoms with van der Waals surface area (Å²) < 4.78 is 28.0. The molecule has 0 spiro atoms. The molecule has 0 aliphatic rings. The van der Waals surface area contributed by atoms with Gasteiger partial charge >= 0.3 is 0 Å². The Kier molecular flexibility index (Phi) is 3.64. The Morgan fingerprint density at radius 2 is 2.09 bits per heavy atom. The molecule has 0 aliphatic carbocycles. The van der Waals surface area contributed by atoms with E-state index < -0.39 is 17.7 Å². The predicted octanol–water partition coefficient (Wildman–Crippen LogP) is 1.80. The van der Waals surface area contributed by atoms with Gasteiger partial charge in [0, 0.05) is 11.8 Å². The molecule has 1 unspecified atom stereocenters. The van der Waals surface area contributed by atoms with Gasteiger partial charge in [-0.2, -0.15) is 0 Å². The predicted molar refractivity (Wildman–Crippen MR) is 75.1 cm³/mol. The lowest BCUT2D eigenvalue weighted by Crippen LogP contribution is -2.24. The van der Waals surface area contributed by atoms with E-state index in [1.807, 2.05) is 0 Å². The van der Waals surface area contributed by atoms with Gasteiger partial charge in [-0.25, -0.2) is 13.8 Å². The zero-order chi connectivity index (χ0) is 15.7. The topological polar surface area (TPSA) is 68.0 Å². The summed E-state index contributed by atoms with van der Waals surface area (Å²) in [5.41, 5.74) is -0.167. The second kappa shape index (κ2) is 5.61. The molecule has 112 valence electrons. The van der Waals surface area contributed by atoms with Crippen molar-refractivity contribution >= 4 is 10.9 Å². The van der Waals surface area contributed by atoms with Crippen molar-refractivity contribution in [2.75, 3.05) is 0 Å². The molecule has 3 aromatic rings. The number of hydrogen-bond acceptors (Lipinski definition) is 4. The lowest BCUT2D eigenvalue weighted by Gasteiger charge is -2.14. The largest absolute Gasteiger partial charge is 0.386 e. The van der Waals surface area contributed by atoms with Crippen LogP contribution in [0.15, 0.2) is 47.8 Å². The summed E-state index contributed by atoms with van der Waals surface area (Å²) in [7, 11) is 0. The number of halogens is 2. The third-order valence-corrected chi connectivity index (χ3v) is 3.31. The molecule has 1 N–H and O–H groups in total. The minimum atomic E-state index is -1.37.